The van der Waals surface area contributed by atoms with Crippen LogP contribution in [0.1, 0.15) is 5.56 Å². The summed E-state index contributed by atoms with van der Waals surface area (Å²) < 4.78 is 38.7. The third-order valence-electron chi connectivity index (χ3n) is 6.05. The summed E-state index contributed by atoms with van der Waals surface area (Å²) in [6.07, 6.45) is 0. The third kappa shape index (κ3) is 5.51. The van der Waals surface area contributed by atoms with Crippen LogP contribution in [0.3, 0.4) is 0 Å². The van der Waals surface area contributed by atoms with Gasteiger partial charge in [0.1, 0.15) is 5.82 Å². The minimum atomic E-state index is -1.47. The summed E-state index contributed by atoms with van der Waals surface area (Å²) in [6, 6.07) is 20.0. The molecule has 1 atom stereocenters. The van der Waals surface area contributed by atoms with E-state index in [4.69, 9.17) is 9.47 Å². The number of anilines is 2. The summed E-state index contributed by atoms with van der Waals surface area (Å²) in [5.41, 5.74) is 3.16. The Morgan fingerprint density at radius 2 is 1.62 bits per heavy atom. The van der Waals surface area contributed by atoms with Gasteiger partial charge in [0.15, 0.2) is 22.5 Å². The molecule has 0 saturated carbocycles. The maximum atomic E-state index is 13.5. The first-order chi connectivity index (χ1) is 16.5. The molecule has 4 rings (SSSR count). The maximum Gasteiger partial charge on any atom is 0.161 e. The van der Waals surface area contributed by atoms with Crippen molar-refractivity contribution in [2.45, 2.75) is 11.4 Å². The second kappa shape index (κ2) is 10.9. The van der Waals surface area contributed by atoms with Crippen LogP contribution < -0.4 is 18.7 Å². The smallest absolute Gasteiger partial charge is 0.161 e. The molecule has 8 heteroatoms. The Bertz CT molecular complexity index is 1130. The molecule has 1 heterocycles. The monoisotopic (exact) mass is 483 g/mol. The van der Waals surface area contributed by atoms with Gasteiger partial charge in [0.25, 0.3) is 0 Å². The lowest BCUT2D eigenvalue weighted by atomic mass is 10.1. The van der Waals surface area contributed by atoms with Crippen LogP contribution in [0.25, 0.3) is 0 Å². The van der Waals surface area contributed by atoms with Gasteiger partial charge in [-0.2, -0.15) is 0 Å². The van der Waals surface area contributed by atoms with E-state index in [0.717, 1.165) is 55.6 Å². The highest BCUT2D eigenvalue weighted by Gasteiger charge is 2.19. The van der Waals surface area contributed by atoms with Crippen LogP contribution in [-0.2, 0) is 17.5 Å². The van der Waals surface area contributed by atoms with Gasteiger partial charge in [-0.3, -0.25) is 9.21 Å². The highest BCUT2D eigenvalue weighted by Crippen LogP contribution is 2.29. The van der Waals surface area contributed by atoms with Crippen LogP contribution in [0.15, 0.2) is 71.6 Å². The molecule has 6 nitrogen and oxygen atoms in total. The van der Waals surface area contributed by atoms with Gasteiger partial charge in [0.2, 0.25) is 0 Å². The number of hydrogen-bond acceptors (Lipinski definition) is 5. The summed E-state index contributed by atoms with van der Waals surface area (Å²) in [6.45, 7) is 4.64. The van der Waals surface area contributed by atoms with E-state index in [-0.39, 0.29) is 5.82 Å². The Morgan fingerprint density at radius 1 is 0.912 bits per heavy atom. The molecule has 1 aliphatic rings. The summed E-state index contributed by atoms with van der Waals surface area (Å²) in [5, 5.41) is 0. The van der Waals surface area contributed by atoms with E-state index in [0.29, 0.717) is 4.90 Å². The Hall–Kier alpha value is -3.10. The average molecular weight is 484 g/mol. The fourth-order valence-electron chi connectivity index (χ4n) is 4.10. The number of benzene rings is 3. The van der Waals surface area contributed by atoms with Crippen molar-refractivity contribution in [3.63, 3.8) is 0 Å². The lowest BCUT2D eigenvalue weighted by Crippen LogP contribution is -2.45. The zero-order valence-corrected chi connectivity index (χ0v) is 20.6. The Labute approximate surface area is 203 Å². The second-order valence-corrected chi connectivity index (χ2v) is 9.69. The van der Waals surface area contributed by atoms with Gasteiger partial charge in [0.05, 0.1) is 19.1 Å². The van der Waals surface area contributed by atoms with Crippen molar-refractivity contribution in [1.82, 2.24) is 4.90 Å². The normalized spacial score (nSPS) is 15.1. The predicted octanol–water partition coefficient (Wildman–Crippen LogP) is 4.32. The van der Waals surface area contributed by atoms with Crippen molar-refractivity contribution < 1.29 is 18.1 Å². The summed E-state index contributed by atoms with van der Waals surface area (Å²) in [5.74, 6) is 1.10. The van der Waals surface area contributed by atoms with Gasteiger partial charge in [0, 0.05) is 51.1 Å². The molecule has 0 N–H and O–H groups in total. The first kappa shape index (κ1) is 24.0. The number of nitrogens with zero attached hydrogens (tertiary/aromatic N) is 3. The van der Waals surface area contributed by atoms with E-state index in [1.165, 1.54) is 17.7 Å². The van der Waals surface area contributed by atoms with Crippen LogP contribution in [0, 0.1) is 5.82 Å². The van der Waals surface area contributed by atoms with Crippen LogP contribution in [-0.4, -0.2) is 56.6 Å². The molecule has 3 aromatic carbocycles. The molecule has 1 saturated heterocycles. The molecule has 3 aromatic rings. The van der Waals surface area contributed by atoms with Gasteiger partial charge in [-0.15, -0.1) is 0 Å². The number of hydrogen-bond donors (Lipinski definition) is 0. The number of piperazine rings is 1. The Morgan fingerprint density at radius 3 is 2.26 bits per heavy atom. The largest absolute Gasteiger partial charge is 0.493 e. The topological polar surface area (TPSA) is 45.2 Å². The molecule has 34 heavy (non-hydrogen) atoms. The van der Waals surface area contributed by atoms with E-state index in [9.17, 15) is 8.60 Å². The lowest BCUT2D eigenvalue weighted by Gasteiger charge is -2.36. The predicted molar refractivity (Wildman–Crippen MR) is 135 cm³/mol. The number of halogens is 1. The van der Waals surface area contributed by atoms with Crippen LogP contribution >= 0.6 is 0 Å². The number of ether oxygens (including phenoxy) is 2. The van der Waals surface area contributed by atoms with E-state index in [1.54, 1.807) is 37.7 Å². The van der Waals surface area contributed by atoms with E-state index >= 15 is 0 Å². The zero-order valence-electron chi connectivity index (χ0n) is 19.7. The average Bonchev–Trinajstić information content (AvgIpc) is 2.88. The van der Waals surface area contributed by atoms with Crippen LogP contribution in [0.4, 0.5) is 15.8 Å². The van der Waals surface area contributed by atoms with Crippen LogP contribution in [0.5, 0.6) is 11.5 Å². The van der Waals surface area contributed by atoms with Gasteiger partial charge < -0.3 is 14.4 Å². The molecule has 0 aliphatic carbocycles. The minimum Gasteiger partial charge on any atom is -0.493 e. The molecular weight excluding hydrogens is 453 g/mol. The van der Waals surface area contributed by atoms with Gasteiger partial charge in [-0.25, -0.2) is 8.60 Å². The molecule has 0 amide bonds. The molecule has 0 bridgehead atoms. The first-order valence-electron chi connectivity index (χ1n) is 11.2. The molecule has 1 unspecified atom stereocenters. The van der Waals surface area contributed by atoms with Gasteiger partial charge in [-0.05, 0) is 60.2 Å². The molecule has 1 aliphatic heterocycles. The summed E-state index contributed by atoms with van der Waals surface area (Å²) in [4.78, 5) is 5.23. The molecule has 0 spiro atoms. The molecule has 180 valence electrons. The summed E-state index contributed by atoms with van der Waals surface area (Å²) >= 11 is 0. The number of rotatable bonds is 8. The van der Waals surface area contributed by atoms with Crippen LogP contribution in [0.2, 0.25) is 0 Å². The summed E-state index contributed by atoms with van der Waals surface area (Å²) in [7, 11) is 3.58. The third-order valence-corrected chi connectivity index (χ3v) is 7.42. The van der Waals surface area contributed by atoms with E-state index in [1.807, 2.05) is 24.3 Å². The van der Waals surface area contributed by atoms with Crippen molar-refractivity contribution >= 4 is 22.4 Å². The zero-order chi connectivity index (χ0) is 24.1. The first-order valence-corrected chi connectivity index (χ1v) is 12.3. The van der Waals surface area contributed by atoms with E-state index in [2.05, 4.69) is 28.0 Å². The van der Waals surface area contributed by atoms with Crippen molar-refractivity contribution in [2.24, 2.45) is 0 Å². The maximum absolute atomic E-state index is 13.5. The van der Waals surface area contributed by atoms with Gasteiger partial charge in [-0.1, -0.05) is 12.1 Å². The standard InChI is InChI=1S/C26H30FN3O3S/c1-28(34(31)24-6-4-5-21(27)18-24)22-8-10-23(11-9-22)30-15-13-29(14-16-30)19-20-7-12-25(32-2)26(17-20)33-3/h4-12,17-18H,13-16,19H2,1-3H3. The van der Waals surface area contributed by atoms with E-state index < -0.39 is 11.0 Å². The number of methoxy groups -OCH3 is 2. The molecule has 0 radical (unpaired) electrons. The molecular formula is C26H30FN3O3S. The van der Waals surface area contributed by atoms with Crippen molar-refractivity contribution in [3.05, 3.63) is 78.1 Å². The highest BCUT2D eigenvalue weighted by atomic mass is 32.2. The highest BCUT2D eigenvalue weighted by molar-refractivity contribution is 7.86. The quantitative estimate of drug-likeness (QED) is 0.478. The lowest BCUT2D eigenvalue weighted by molar-refractivity contribution is 0.249. The Balaban J connectivity index is 1.34. The van der Waals surface area contributed by atoms with Crippen molar-refractivity contribution in [2.75, 3.05) is 56.7 Å². The van der Waals surface area contributed by atoms with Gasteiger partial charge >= 0.3 is 0 Å². The SMILES string of the molecule is COc1ccc(CN2CCN(c3ccc(N(C)S(=O)c4cccc(F)c4)cc3)CC2)cc1OC. The molecule has 1 fully saturated rings. The second-order valence-electron chi connectivity index (χ2n) is 8.17. The molecule has 0 aromatic heterocycles. The Kier molecular flexibility index (Phi) is 7.70. The fraction of sp³-hybridized carbons (Fsp3) is 0.308. The van der Waals surface area contributed by atoms with Crippen molar-refractivity contribution in [1.29, 1.82) is 0 Å². The fourth-order valence-corrected chi connectivity index (χ4v) is 5.14. The van der Waals surface area contributed by atoms with Crippen molar-refractivity contribution in [3.8, 4) is 11.5 Å². The minimum absolute atomic E-state index is 0.389.